The van der Waals surface area contributed by atoms with Crippen LogP contribution in [0.15, 0.2) is 29.3 Å². The third-order valence-electron chi connectivity index (χ3n) is 3.45. The number of amidine groups is 1. The minimum Gasteiger partial charge on any atom is -0.362 e. The first kappa shape index (κ1) is 14.4. The van der Waals surface area contributed by atoms with E-state index >= 15 is 0 Å². The molecule has 0 amide bonds. The predicted molar refractivity (Wildman–Crippen MR) is 81.2 cm³/mol. The minimum atomic E-state index is -0.181. The van der Waals surface area contributed by atoms with Crippen molar-refractivity contribution < 1.29 is 4.39 Å². The molecule has 0 saturated heterocycles. The highest BCUT2D eigenvalue weighted by Gasteiger charge is 2.20. The Morgan fingerprint density at radius 2 is 2.05 bits per heavy atom. The van der Waals surface area contributed by atoms with Crippen molar-refractivity contribution >= 4 is 16.9 Å². The number of nitrogens with zero attached hydrogens (tertiary/aromatic N) is 1. The molecule has 1 aromatic rings. The van der Waals surface area contributed by atoms with Gasteiger partial charge in [-0.25, -0.2) is 4.39 Å². The average Bonchev–Trinajstić information content (AvgIpc) is 2.37. The topological polar surface area (TPSA) is 24.4 Å². The molecule has 0 saturated carbocycles. The fourth-order valence-corrected chi connectivity index (χ4v) is 3.24. The Morgan fingerprint density at radius 3 is 2.68 bits per heavy atom. The van der Waals surface area contributed by atoms with Crippen LogP contribution in [0.5, 0.6) is 0 Å². The molecule has 1 aliphatic heterocycles. The van der Waals surface area contributed by atoms with Crippen LogP contribution in [-0.2, 0) is 6.42 Å². The summed E-state index contributed by atoms with van der Waals surface area (Å²) >= 11 is 1.80. The molecule has 0 spiro atoms. The van der Waals surface area contributed by atoms with Crippen molar-refractivity contribution in [3.05, 3.63) is 35.6 Å². The lowest BCUT2D eigenvalue weighted by molar-refractivity contribution is 0.531. The van der Waals surface area contributed by atoms with E-state index in [1.165, 1.54) is 12.1 Å². The highest BCUT2D eigenvalue weighted by atomic mass is 32.2. The van der Waals surface area contributed by atoms with E-state index in [0.29, 0.717) is 18.0 Å². The van der Waals surface area contributed by atoms with Gasteiger partial charge in [-0.05, 0) is 43.9 Å². The molecule has 4 heteroatoms. The van der Waals surface area contributed by atoms with E-state index in [9.17, 15) is 4.39 Å². The van der Waals surface area contributed by atoms with Gasteiger partial charge in [0, 0.05) is 11.8 Å². The normalized spacial score (nSPS) is 24.7. The molecule has 3 atom stereocenters. The summed E-state index contributed by atoms with van der Waals surface area (Å²) in [5, 5.41) is 4.49. The van der Waals surface area contributed by atoms with Gasteiger partial charge in [0.2, 0.25) is 0 Å². The van der Waals surface area contributed by atoms with E-state index in [1.54, 1.807) is 11.8 Å². The third kappa shape index (κ3) is 4.23. The van der Waals surface area contributed by atoms with E-state index in [0.717, 1.165) is 22.9 Å². The Morgan fingerprint density at radius 1 is 1.37 bits per heavy atom. The molecule has 0 fully saturated rings. The smallest absolute Gasteiger partial charge is 0.157 e. The summed E-state index contributed by atoms with van der Waals surface area (Å²) in [6, 6.07) is 7.40. The summed E-state index contributed by atoms with van der Waals surface area (Å²) in [7, 11) is 0. The fourth-order valence-electron chi connectivity index (χ4n) is 2.01. The van der Waals surface area contributed by atoms with E-state index in [4.69, 9.17) is 0 Å². The minimum absolute atomic E-state index is 0.181. The maximum absolute atomic E-state index is 12.8. The van der Waals surface area contributed by atoms with Crippen LogP contribution in [0, 0.1) is 11.7 Å². The Bertz CT molecular complexity index is 444. The Balaban J connectivity index is 1.89. The Hall–Kier alpha value is -1.03. The molecule has 0 radical (unpaired) electrons. The van der Waals surface area contributed by atoms with Crippen molar-refractivity contribution in [2.45, 2.75) is 39.3 Å². The van der Waals surface area contributed by atoms with E-state index in [-0.39, 0.29) is 5.82 Å². The summed E-state index contributed by atoms with van der Waals surface area (Å²) in [5.74, 6) is 1.58. The molecule has 2 nitrogen and oxygen atoms in total. The molecule has 3 unspecified atom stereocenters. The highest BCUT2D eigenvalue weighted by molar-refractivity contribution is 8.13. The zero-order valence-electron chi connectivity index (χ0n) is 11.7. The van der Waals surface area contributed by atoms with Crippen molar-refractivity contribution in [3.8, 4) is 0 Å². The van der Waals surface area contributed by atoms with Crippen molar-refractivity contribution in [1.82, 2.24) is 5.32 Å². The molecule has 1 aromatic carbocycles. The van der Waals surface area contributed by atoms with Gasteiger partial charge in [0.15, 0.2) is 5.17 Å². The van der Waals surface area contributed by atoms with Gasteiger partial charge >= 0.3 is 0 Å². The molecule has 19 heavy (non-hydrogen) atoms. The Kier molecular flexibility index (Phi) is 4.86. The Labute approximate surface area is 118 Å². The molecule has 1 N–H and O–H groups in total. The SMILES string of the molecule is CC(Cc1ccc(F)cc1)NC1=NC(C)C(C)CS1. The second kappa shape index (κ2) is 6.42. The molecule has 104 valence electrons. The zero-order chi connectivity index (χ0) is 13.8. The van der Waals surface area contributed by atoms with Gasteiger partial charge in [0.05, 0.1) is 6.04 Å². The lowest BCUT2D eigenvalue weighted by Gasteiger charge is -2.25. The van der Waals surface area contributed by atoms with Crippen LogP contribution in [0.3, 0.4) is 0 Å². The van der Waals surface area contributed by atoms with E-state index in [2.05, 4.69) is 31.1 Å². The van der Waals surface area contributed by atoms with Crippen LogP contribution in [0.4, 0.5) is 4.39 Å². The van der Waals surface area contributed by atoms with E-state index in [1.807, 2.05) is 12.1 Å². The van der Waals surface area contributed by atoms with Crippen LogP contribution in [-0.4, -0.2) is 23.0 Å². The second-order valence-electron chi connectivity index (χ2n) is 5.34. The van der Waals surface area contributed by atoms with Crippen LogP contribution in [0.1, 0.15) is 26.3 Å². The van der Waals surface area contributed by atoms with Crippen LogP contribution in [0.25, 0.3) is 0 Å². The number of nitrogens with one attached hydrogen (secondary N) is 1. The quantitative estimate of drug-likeness (QED) is 0.917. The number of benzene rings is 1. The number of hydrogen-bond donors (Lipinski definition) is 1. The van der Waals surface area contributed by atoms with Gasteiger partial charge in [0.1, 0.15) is 5.82 Å². The van der Waals surface area contributed by atoms with Crippen molar-refractivity contribution in [2.24, 2.45) is 10.9 Å². The number of thioether (sulfide) groups is 1. The summed E-state index contributed by atoms with van der Waals surface area (Å²) in [6.07, 6.45) is 0.879. The summed E-state index contributed by atoms with van der Waals surface area (Å²) < 4.78 is 12.8. The summed E-state index contributed by atoms with van der Waals surface area (Å²) in [5.41, 5.74) is 1.14. The largest absolute Gasteiger partial charge is 0.362 e. The fraction of sp³-hybridized carbons (Fsp3) is 0.533. The van der Waals surface area contributed by atoms with Gasteiger partial charge in [-0.3, -0.25) is 4.99 Å². The first-order valence-corrected chi connectivity index (χ1v) is 7.74. The van der Waals surface area contributed by atoms with Crippen LogP contribution in [0.2, 0.25) is 0 Å². The summed E-state index contributed by atoms with van der Waals surface area (Å²) in [4.78, 5) is 4.67. The molecule has 0 aromatic heterocycles. The standard InChI is InChI=1S/C15H21FN2S/c1-10-9-19-15(18-12(10)3)17-11(2)8-13-4-6-14(16)7-5-13/h4-7,10-12H,8-9H2,1-3H3,(H,17,18). The van der Waals surface area contributed by atoms with Gasteiger partial charge in [-0.1, -0.05) is 30.8 Å². The number of hydrogen-bond acceptors (Lipinski definition) is 3. The molecule has 1 heterocycles. The van der Waals surface area contributed by atoms with Crippen LogP contribution >= 0.6 is 11.8 Å². The molecular weight excluding hydrogens is 259 g/mol. The van der Waals surface area contributed by atoms with E-state index < -0.39 is 0 Å². The lowest BCUT2D eigenvalue weighted by Crippen LogP contribution is -2.36. The number of aliphatic imine (C=N–C) groups is 1. The van der Waals surface area contributed by atoms with Crippen LogP contribution < -0.4 is 5.32 Å². The molecule has 0 bridgehead atoms. The van der Waals surface area contributed by atoms with Crippen molar-refractivity contribution in [1.29, 1.82) is 0 Å². The van der Waals surface area contributed by atoms with Crippen molar-refractivity contribution in [3.63, 3.8) is 0 Å². The highest BCUT2D eigenvalue weighted by Crippen LogP contribution is 2.22. The number of halogens is 1. The lowest BCUT2D eigenvalue weighted by atomic mass is 10.1. The monoisotopic (exact) mass is 280 g/mol. The molecule has 1 aliphatic rings. The molecule has 0 aliphatic carbocycles. The molecular formula is C15H21FN2S. The van der Waals surface area contributed by atoms with Gasteiger partial charge in [0.25, 0.3) is 0 Å². The maximum atomic E-state index is 12.8. The number of rotatable bonds is 3. The van der Waals surface area contributed by atoms with Gasteiger partial charge in [-0.2, -0.15) is 0 Å². The first-order valence-electron chi connectivity index (χ1n) is 6.76. The van der Waals surface area contributed by atoms with Gasteiger partial charge in [-0.15, -0.1) is 0 Å². The third-order valence-corrected chi connectivity index (χ3v) is 4.64. The van der Waals surface area contributed by atoms with Gasteiger partial charge < -0.3 is 5.32 Å². The average molecular weight is 280 g/mol. The predicted octanol–water partition coefficient (Wildman–Crippen LogP) is 3.47. The second-order valence-corrected chi connectivity index (χ2v) is 6.35. The summed E-state index contributed by atoms with van der Waals surface area (Å²) in [6.45, 7) is 6.53. The first-order chi connectivity index (χ1) is 9.04. The zero-order valence-corrected chi connectivity index (χ0v) is 12.5. The molecule has 2 rings (SSSR count). The maximum Gasteiger partial charge on any atom is 0.157 e. The van der Waals surface area contributed by atoms with Crippen molar-refractivity contribution in [2.75, 3.05) is 5.75 Å².